The molecule has 0 aliphatic heterocycles. The third kappa shape index (κ3) is 3.86. The fourth-order valence-corrected chi connectivity index (χ4v) is 1.54. The second-order valence-corrected chi connectivity index (χ2v) is 3.89. The van der Waals surface area contributed by atoms with Crippen molar-refractivity contribution < 1.29 is 4.79 Å². The van der Waals surface area contributed by atoms with Gasteiger partial charge in [0.1, 0.15) is 0 Å². The maximum absolute atomic E-state index is 11.5. The second kappa shape index (κ2) is 7.74. The fraction of sp³-hybridized carbons (Fsp3) is 0.167. The predicted molar refractivity (Wildman–Crippen MR) is 83.7 cm³/mol. The molecule has 8 heteroatoms. The van der Waals surface area contributed by atoms with Crippen molar-refractivity contribution in [3.05, 3.63) is 41.7 Å². The Bertz CT molecular complexity index is 585. The molecule has 4 N–H and O–H groups in total. The summed E-state index contributed by atoms with van der Waals surface area (Å²) in [6, 6.07) is 7.28. The lowest BCUT2D eigenvalue weighted by molar-refractivity contribution is 0.0932. The molecular formula is C12H17Cl2N5O. The van der Waals surface area contributed by atoms with Gasteiger partial charge in [0.15, 0.2) is 5.69 Å². The van der Waals surface area contributed by atoms with Crippen molar-refractivity contribution in [2.75, 3.05) is 12.8 Å². The summed E-state index contributed by atoms with van der Waals surface area (Å²) in [4.78, 5) is 11.5. The number of aryl methyl sites for hydroxylation is 1. The number of nitrogen functional groups attached to an aromatic ring is 1. The van der Waals surface area contributed by atoms with E-state index in [1.54, 1.807) is 24.0 Å². The van der Waals surface area contributed by atoms with Gasteiger partial charge in [0, 0.05) is 18.9 Å². The molecule has 0 aliphatic rings. The van der Waals surface area contributed by atoms with Crippen LogP contribution in [0, 0.1) is 6.92 Å². The van der Waals surface area contributed by atoms with E-state index in [-0.39, 0.29) is 30.7 Å². The number of halogens is 2. The maximum atomic E-state index is 11.5. The Morgan fingerprint density at radius 2 is 2.00 bits per heavy atom. The Balaban J connectivity index is 0.00000180. The standard InChI is InChI=1S/C12H15N5O.2ClH/c1-8-3-4-9(7-10(8)13)17-6-5-11(16-17)12(18)15-14-2;;/h3-7,14H,13H2,1-2H3,(H,15,18);2*1H. The Morgan fingerprint density at radius 1 is 1.30 bits per heavy atom. The van der Waals surface area contributed by atoms with E-state index in [2.05, 4.69) is 16.0 Å². The van der Waals surface area contributed by atoms with Crippen LogP contribution in [-0.2, 0) is 0 Å². The number of nitrogens with one attached hydrogen (secondary N) is 2. The minimum Gasteiger partial charge on any atom is -0.398 e. The molecule has 2 aromatic rings. The zero-order valence-corrected chi connectivity index (χ0v) is 12.7. The van der Waals surface area contributed by atoms with Gasteiger partial charge in [-0.15, -0.1) is 24.8 Å². The third-order valence-electron chi connectivity index (χ3n) is 2.59. The highest BCUT2D eigenvalue weighted by atomic mass is 35.5. The summed E-state index contributed by atoms with van der Waals surface area (Å²) in [6.07, 6.45) is 1.72. The lowest BCUT2D eigenvalue weighted by Gasteiger charge is -2.05. The minimum absolute atomic E-state index is 0. The number of nitrogens with two attached hydrogens (primary N) is 1. The molecule has 6 nitrogen and oxygen atoms in total. The number of carbonyl (C=O) groups is 1. The highest BCUT2D eigenvalue weighted by Crippen LogP contribution is 2.16. The van der Waals surface area contributed by atoms with Gasteiger partial charge in [-0.3, -0.25) is 10.2 Å². The van der Waals surface area contributed by atoms with Crippen molar-refractivity contribution in [1.82, 2.24) is 20.6 Å². The van der Waals surface area contributed by atoms with Crippen LogP contribution in [0.5, 0.6) is 0 Å². The normalized spacial score (nSPS) is 9.30. The average Bonchev–Trinajstić information content (AvgIpc) is 2.82. The molecule has 1 aromatic heterocycles. The summed E-state index contributed by atoms with van der Waals surface area (Å²) in [5.41, 5.74) is 13.7. The molecule has 1 amide bonds. The zero-order valence-electron chi connectivity index (χ0n) is 11.1. The number of rotatable bonds is 3. The van der Waals surface area contributed by atoms with Crippen LogP contribution in [-0.4, -0.2) is 22.7 Å². The molecule has 0 atom stereocenters. The molecule has 0 saturated carbocycles. The van der Waals surface area contributed by atoms with Gasteiger partial charge in [-0.1, -0.05) is 6.07 Å². The van der Waals surface area contributed by atoms with Crippen LogP contribution in [0.3, 0.4) is 0 Å². The van der Waals surface area contributed by atoms with Crippen molar-refractivity contribution in [2.24, 2.45) is 0 Å². The Hall–Kier alpha value is -1.76. The van der Waals surface area contributed by atoms with Gasteiger partial charge in [-0.25, -0.2) is 10.1 Å². The van der Waals surface area contributed by atoms with Crippen molar-refractivity contribution in [3.8, 4) is 5.69 Å². The van der Waals surface area contributed by atoms with E-state index in [1.807, 2.05) is 25.1 Å². The lowest BCUT2D eigenvalue weighted by atomic mass is 10.2. The van der Waals surface area contributed by atoms with Gasteiger partial charge < -0.3 is 5.73 Å². The van der Waals surface area contributed by atoms with Gasteiger partial charge in [-0.2, -0.15) is 5.10 Å². The molecule has 0 spiro atoms. The first-order valence-electron chi connectivity index (χ1n) is 5.51. The van der Waals surface area contributed by atoms with Gasteiger partial charge in [-0.05, 0) is 30.7 Å². The van der Waals surface area contributed by atoms with E-state index >= 15 is 0 Å². The van der Waals surface area contributed by atoms with Gasteiger partial charge in [0.2, 0.25) is 0 Å². The summed E-state index contributed by atoms with van der Waals surface area (Å²) >= 11 is 0. The molecule has 0 saturated heterocycles. The van der Waals surface area contributed by atoms with Crippen LogP contribution in [0.2, 0.25) is 0 Å². The molecule has 0 unspecified atom stereocenters. The van der Waals surface area contributed by atoms with E-state index in [1.165, 1.54) is 0 Å². The summed E-state index contributed by atoms with van der Waals surface area (Å²) in [7, 11) is 1.62. The van der Waals surface area contributed by atoms with Gasteiger partial charge in [0.25, 0.3) is 5.91 Å². The number of aromatic nitrogens is 2. The summed E-state index contributed by atoms with van der Waals surface area (Å²) in [6.45, 7) is 1.94. The monoisotopic (exact) mass is 317 g/mol. The van der Waals surface area contributed by atoms with Crippen LogP contribution >= 0.6 is 24.8 Å². The van der Waals surface area contributed by atoms with Crippen LogP contribution in [0.15, 0.2) is 30.5 Å². The molecule has 110 valence electrons. The fourth-order valence-electron chi connectivity index (χ4n) is 1.54. The molecule has 0 bridgehead atoms. The topological polar surface area (TPSA) is 85.0 Å². The Kier molecular flexibility index (Phi) is 7.06. The van der Waals surface area contributed by atoms with E-state index in [4.69, 9.17) is 5.73 Å². The SMILES string of the molecule is CNNC(=O)c1ccn(-c2ccc(C)c(N)c2)n1.Cl.Cl. The molecule has 0 fully saturated rings. The number of nitrogens with zero attached hydrogens (tertiary/aromatic N) is 2. The lowest BCUT2D eigenvalue weighted by Crippen LogP contribution is -2.34. The third-order valence-corrected chi connectivity index (χ3v) is 2.59. The molecule has 2 rings (SSSR count). The number of amides is 1. The first-order chi connectivity index (χ1) is 8.61. The van der Waals surface area contributed by atoms with Crippen molar-refractivity contribution in [2.45, 2.75) is 6.92 Å². The number of anilines is 1. The van der Waals surface area contributed by atoms with Gasteiger partial charge in [0.05, 0.1) is 5.69 Å². The molecule has 0 aliphatic carbocycles. The smallest absolute Gasteiger partial charge is 0.285 e. The second-order valence-electron chi connectivity index (χ2n) is 3.89. The van der Waals surface area contributed by atoms with Crippen LogP contribution in [0.25, 0.3) is 5.69 Å². The van der Waals surface area contributed by atoms with Crippen molar-refractivity contribution in [3.63, 3.8) is 0 Å². The van der Waals surface area contributed by atoms with E-state index in [0.717, 1.165) is 11.3 Å². The maximum Gasteiger partial charge on any atom is 0.285 e. The minimum atomic E-state index is -0.281. The summed E-state index contributed by atoms with van der Waals surface area (Å²) in [5, 5.41) is 4.18. The Morgan fingerprint density at radius 3 is 2.60 bits per heavy atom. The molecule has 0 radical (unpaired) electrons. The first-order valence-corrected chi connectivity index (χ1v) is 5.51. The zero-order chi connectivity index (χ0) is 13.1. The number of carbonyl (C=O) groups excluding carboxylic acids is 1. The Labute approximate surface area is 129 Å². The number of hydrogen-bond donors (Lipinski definition) is 3. The van der Waals surface area contributed by atoms with Crippen LogP contribution < -0.4 is 16.6 Å². The predicted octanol–water partition coefficient (Wildman–Crippen LogP) is 1.47. The highest BCUT2D eigenvalue weighted by molar-refractivity contribution is 5.91. The van der Waals surface area contributed by atoms with Crippen molar-refractivity contribution >= 4 is 36.4 Å². The first kappa shape index (κ1) is 18.2. The summed E-state index contributed by atoms with van der Waals surface area (Å²) in [5.74, 6) is -0.281. The largest absolute Gasteiger partial charge is 0.398 e. The molecule has 1 heterocycles. The highest BCUT2D eigenvalue weighted by Gasteiger charge is 2.09. The van der Waals surface area contributed by atoms with Crippen molar-refractivity contribution in [1.29, 1.82) is 0 Å². The molecular weight excluding hydrogens is 301 g/mol. The van der Waals surface area contributed by atoms with Crippen LogP contribution in [0.1, 0.15) is 16.1 Å². The number of benzene rings is 1. The van der Waals surface area contributed by atoms with E-state index < -0.39 is 0 Å². The average molecular weight is 318 g/mol. The number of hydrazine groups is 1. The van der Waals surface area contributed by atoms with E-state index in [0.29, 0.717) is 11.4 Å². The summed E-state index contributed by atoms with van der Waals surface area (Å²) < 4.78 is 1.61. The van der Waals surface area contributed by atoms with E-state index in [9.17, 15) is 4.79 Å². The quantitative estimate of drug-likeness (QED) is 0.591. The van der Waals surface area contributed by atoms with Gasteiger partial charge >= 0.3 is 0 Å². The van der Waals surface area contributed by atoms with Crippen LogP contribution in [0.4, 0.5) is 5.69 Å². The molecule has 1 aromatic carbocycles. The number of hydrogen-bond acceptors (Lipinski definition) is 4. The molecule has 20 heavy (non-hydrogen) atoms.